The Morgan fingerprint density at radius 2 is 1.81 bits per heavy atom. The van der Waals surface area contributed by atoms with E-state index in [1.165, 1.54) is 12.1 Å². The number of hydrogen-bond donors (Lipinski definition) is 2. The maximum Gasteiger partial charge on any atom is 0.258 e. The van der Waals surface area contributed by atoms with Gasteiger partial charge in [0.1, 0.15) is 11.6 Å². The summed E-state index contributed by atoms with van der Waals surface area (Å²) in [6, 6.07) is 6.87. The van der Waals surface area contributed by atoms with E-state index in [0.29, 0.717) is 11.5 Å². The quantitative estimate of drug-likeness (QED) is 0.786. The van der Waals surface area contributed by atoms with Gasteiger partial charge in [0.2, 0.25) is 10.0 Å². The van der Waals surface area contributed by atoms with Crippen LogP contribution < -0.4 is 10.0 Å². The molecule has 0 aliphatic heterocycles. The first-order valence-corrected chi connectivity index (χ1v) is 10.0. The highest BCUT2D eigenvalue weighted by molar-refractivity contribution is 7.89. The topological polar surface area (TPSA) is 75.3 Å². The maximum absolute atomic E-state index is 14.1. The Bertz CT molecular complexity index is 988. The molecule has 2 N–H and O–H groups in total. The molecule has 1 saturated carbocycles. The minimum absolute atomic E-state index is 0.149. The van der Waals surface area contributed by atoms with Crippen molar-refractivity contribution in [3.05, 3.63) is 59.2 Å². The van der Waals surface area contributed by atoms with E-state index >= 15 is 0 Å². The molecule has 2 aromatic carbocycles. The van der Waals surface area contributed by atoms with Crippen LogP contribution in [0, 0.1) is 24.5 Å². The SMILES string of the molecule is Cc1ccc(NC(=O)c2cc(S(=O)(=O)N[C@H](C)C3CC3)ccc2F)cc1F. The fourth-order valence-corrected chi connectivity index (χ4v) is 4.06. The van der Waals surface area contributed by atoms with Crippen LogP contribution in [0.15, 0.2) is 41.3 Å². The molecule has 144 valence electrons. The van der Waals surface area contributed by atoms with Crippen molar-refractivity contribution in [3.8, 4) is 0 Å². The molecule has 1 aliphatic carbocycles. The molecule has 1 aliphatic rings. The summed E-state index contributed by atoms with van der Waals surface area (Å²) in [4.78, 5) is 12.2. The molecular weight excluding hydrogens is 374 g/mol. The van der Waals surface area contributed by atoms with Crippen molar-refractivity contribution < 1.29 is 22.0 Å². The molecular formula is C19H20F2N2O3S. The number of amides is 1. The number of carbonyl (C=O) groups is 1. The van der Waals surface area contributed by atoms with Crippen molar-refractivity contribution >= 4 is 21.6 Å². The van der Waals surface area contributed by atoms with Crippen molar-refractivity contribution in [2.75, 3.05) is 5.32 Å². The number of sulfonamides is 1. The lowest BCUT2D eigenvalue weighted by Gasteiger charge is -2.14. The van der Waals surface area contributed by atoms with Crippen LogP contribution in [0.2, 0.25) is 0 Å². The number of nitrogens with one attached hydrogen (secondary N) is 2. The monoisotopic (exact) mass is 394 g/mol. The Morgan fingerprint density at radius 3 is 2.44 bits per heavy atom. The third-order valence-electron chi connectivity index (χ3n) is 4.59. The van der Waals surface area contributed by atoms with Gasteiger partial charge in [-0.15, -0.1) is 0 Å². The van der Waals surface area contributed by atoms with Gasteiger partial charge >= 0.3 is 0 Å². The van der Waals surface area contributed by atoms with Crippen LogP contribution in [0.1, 0.15) is 35.7 Å². The van der Waals surface area contributed by atoms with E-state index in [1.54, 1.807) is 13.8 Å². The van der Waals surface area contributed by atoms with Crippen LogP contribution in [-0.4, -0.2) is 20.4 Å². The van der Waals surface area contributed by atoms with Crippen molar-refractivity contribution in [2.45, 2.75) is 37.6 Å². The summed E-state index contributed by atoms with van der Waals surface area (Å²) >= 11 is 0. The van der Waals surface area contributed by atoms with E-state index in [-0.39, 0.29) is 16.6 Å². The van der Waals surface area contributed by atoms with Gasteiger partial charge in [-0.05, 0) is 68.5 Å². The van der Waals surface area contributed by atoms with Crippen LogP contribution in [0.25, 0.3) is 0 Å². The predicted octanol–water partition coefficient (Wildman–Crippen LogP) is 3.60. The lowest BCUT2D eigenvalue weighted by molar-refractivity contribution is 0.102. The van der Waals surface area contributed by atoms with Gasteiger partial charge in [0.15, 0.2) is 0 Å². The number of halogens is 2. The molecule has 3 rings (SSSR count). The van der Waals surface area contributed by atoms with Gasteiger partial charge in [0.05, 0.1) is 10.5 Å². The zero-order valence-electron chi connectivity index (χ0n) is 14.9. The van der Waals surface area contributed by atoms with E-state index in [4.69, 9.17) is 0 Å². The molecule has 27 heavy (non-hydrogen) atoms. The van der Waals surface area contributed by atoms with Crippen LogP contribution in [-0.2, 0) is 10.0 Å². The predicted molar refractivity (Wildman–Crippen MR) is 98.0 cm³/mol. The Balaban J connectivity index is 1.83. The molecule has 0 bridgehead atoms. The van der Waals surface area contributed by atoms with Gasteiger partial charge in [-0.25, -0.2) is 21.9 Å². The lowest BCUT2D eigenvalue weighted by Crippen LogP contribution is -2.34. The van der Waals surface area contributed by atoms with Crippen molar-refractivity contribution in [1.29, 1.82) is 0 Å². The first-order valence-electron chi connectivity index (χ1n) is 8.57. The number of aryl methyl sites for hydroxylation is 1. The van der Waals surface area contributed by atoms with E-state index in [1.807, 2.05) is 0 Å². The Kier molecular flexibility index (Phi) is 5.30. The molecule has 0 saturated heterocycles. The van der Waals surface area contributed by atoms with Crippen LogP contribution in [0.3, 0.4) is 0 Å². The fourth-order valence-electron chi connectivity index (χ4n) is 2.72. The number of anilines is 1. The normalized spacial score (nSPS) is 15.4. The molecule has 1 amide bonds. The molecule has 0 aromatic heterocycles. The van der Waals surface area contributed by atoms with Crippen molar-refractivity contribution in [3.63, 3.8) is 0 Å². The van der Waals surface area contributed by atoms with Gasteiger partial charge in [0, 0.05) is 11.7 Å². The number of hydrogen-bond acceptors (Lipinski definition) is 3. The number of rotatable bonds is 6. The Morgan fingerprint density at radius 1 is 1.11 bits per heavy atom. The minimum atomic E-state index is -3.88. The highest BCUT2D eigenvalue weighted by atomic mass is 32.2. The zero-order valence-corrected chi connectivity index (χ0v) is 15.7. The summed E-state index contributed by atoms with van der Waals surface area (Å²) in [5.41, 5.74) is 0.123. The van der Waals surface area contributed by atoms with E-state index in [2.05, 4.69) is 10.0 Å². The van der Waals surface area contributed by atoms with Gasteiger partial charge in [-0.2, -0.15) is 0 Å². The van der Waals surface area contributed by atoms with Crippen LogP contribution in [0.5, 0.6) is 0 Å². The van der Waals surface area contributed by atoms with Gasteiger partial charge in [-0.1, -0.05) is 6.07 Å². The molecule has 8 heteroatoms. The summed E-state index contributed by atoms with van der Waals surface area (Å²) < 4.78 is 55.2. The molecule has 0 spiro atoms. The minimum Gasteiger partial charge on any atom is -0.322 e. The molecule has 0 radical (unpaired) electrons. The molecule has 1 fully saturated rings. The third-order valence-corrected chi connectivity index (χ3v) is 6.15. The second-order valence-electron chi connectivity index (χ2n) is 6.81. The first kappa shape index (κ1) is 19.4. The van der Waals surface area contributed by atoms with Crippen molar-refractivity contribution in [2.24, 2.45) is 5.92 Å². The maximum atomic E-state index is 14.1. The van der Waals surface area contributed by atoms with Crippen LogP contribution >= 0.6 is 0 Å². The summed E-state index contributed by atoms with van der Waals surface area (Å²) in [5, 5.41) is 2.38. The molecule has 1 atom stereocenters. The summed E-state index contributed by atoms with van der Waals surface area (Å²) in [6.07, 6.45) is 1.93. The molecule has 0 heterocycles. The van der Waals surface area contributed by atoms with E-state index in [9.17, 15) is 22.0 Å². The second-order valence-corrected chi connectivity index (χ2v) is 8.52. The van der Waals surface area contributed by atoms with E-state index < -0.39 is 33.1 Å². The number of benzene rings is 2. The largest absolute Gasteiger partial charge is 0.322 e. The highest BCUT2D eigenvalue weighted by Gasteiger charge is 2.31. The Labute approximate surface area is 156 Å². The average molecular weight is 394 g/mol. The first-order chi connectivity index (χ1) is 12.7. The smallest absolute Gasteiger partial charge is 0.258 e. The third kappa shape index (κ3) is 4.51. The summed E-state index contributed by atoms with van der Waals surface area (Å²) in [5.74, 6) is -1.93. The summed E-state index contributed by atoms with van der Waals surface area (Å²) in [6.45, 7) is 3.35. The summed E-state index contributed by atoms with van der Waals surface area (Å²) in [7, 11) is -3.88. The van der Waals surface area contributed by atoms with E-state index in [0.717, 1.165) is 37.1 Å². The average Bonchev–Trinajstić information content (AvgIpc) is 3.43. The van der Waals surface area contributed by atoms with Gasteiger partial charge in [0.25, 0.3) is 5.91 Å². The standard InChI is InChI=1S/C19H20F2N2O3S/c1-11-3-6-14(9-18(11)21)22-19(24)16-10-15(7-8-17(16)20)27(25,26)23-12(2)13-4-5-13/h3,6-10,12-13,23H,4-5H2,1-2H3,(H,22,24)/t12-/m1/s1. The Hall–Kier alpha value is -2.32. The number of carbonyl (C=O) groups excluding carboxylic acids is 1. The lowest BCUT2D eigenvalue weighted by atomic mass is 10.1. The van der Waals surface area contributed by atoms with Gasteiger partial charge in [-0.3, -0.25) is 4.79 Å². The molecule has 0 unspecified atom stereocenters. The molecule has 5 nitrogen and oxygen atoms in total. The van der Waals surface area contributed by atoms with Gasteiger partial charge < -0.3 is 5.32 Å². The fraction of sp³-hybridized carbons (Fsp3) is 0.316. The van der Waals surface area contributed by atoms with Crippen molar-refractivity contribution in [1.82, 2.24) is 4.72 Å². The zero-order chi connectivity index (χ0) is 19.8. The van der Waals surface area contributed by atoms with Crippen LogP contribution in [0.4, 0.5) is 14.5 Å². The molecule has 2 aromatic rings. The highest BCUT2D eigenvalue weighted by Crippen LogP contribution is 2.33. The second kappa shape index (κ2) is 7.36.